The average molecular weight is 693 g/mol. The first kappa shape index (κ1) is 32.1. The van der Waals surface area contributed by atoms with Crippen LogP contribution in [-0.2, 0) is 24.0 Å². The van der Waals surface area contributed by atoms with Crippen molar-refractivity contribution in [3.8, 4) is 22.8 Å². The lowest BCUT2D eigenvalue weighted by molar-refractivity contribution is -0.161. The number of β-lactam (4-membered cyclic amide) rings is 1. The van der Waals surface area contributed by atoms with Crippen molar-refractivity contribution < 1.29 is 44.4 Å². The molecule has 2 atom stereocenters. The third kappa shape index (κ3) is 6.56. The van der Waals surface area contributed by atoms with Crippen molar-refractivity contribution in [3.05, 3.63) is 45.9 Å². The molecule has 1 aromatic carbocycles. The molecular weight excluding hydrogens is 669 g/mol. The van der Waals surface area contributed by atoms with Crippen molar-refractivity contribution >= 4 is 80.8 Å². The van der Waals surface area contributed by atoms with E-state index in [0.717, 1.165) is 16.2 Å². The van der Waals surface area contributed by atoms with Crippen molar-refractivity contribution in [3.63, 3.8) is 0 Å². The SMILES string of the molecule is CC(C)(O/N=C(\C(=O)N[C@@H]1C(=O)N2C(C(=O)O)=C(CSc3nc(-c4ccc(O)c(O)c4)cs3)CS[C@H]12)c1csc(N)n1)C(=O)O. The van der Waals surface area contributed by atoms with Gasteiger partial charge in [-0.3, -0.25) is 14.5 Å². The molecule has 45 heavy (non-hydrogen) atoms. The Morgan fingerprint density at radius 2 is 1.93 bits per heavy atom. The molecular formula is C26H24N6O9S4. The molecule has 2 amide bonds. The number of aromatic nitrogens is 2. The van der Waals surface area contributed by atoms with Gasteiger partial charge in [0, 0.05) is 27.8 Å². The number of anilines is 1. The van der Waals surface area contributed by atoms with Gasteiger partial charge in [0.25, 0.3) is 11.8 Å². The van der Waals surface area contributed by atoms with E-state index in [1.54, 1.807) is 11.4 Å². The Labute approximate surface area is 270 Å². The normalized spacial score (nSPS) is 18.3. The zero-order chi connectivity index (χ0) is 32.6. The van der Waals surface area contributed by atoms with Crippen LogP contribution in [0.15, 0.2) is 49.7 Å². The molecule has 2 aromatic heterocycles. The highest BCUT2D eigenvalue weighted by atomic mass is 32.2. The molecule has 1 saturated heterocycles. The Hall–Kier alpha value is -4.33. The monoisotopic (exact) mass is 692 g/mol. The van der Waals surface area contributed by atoms with Gasteiger partial charge < -0.3 is 36.3 Å². The molecule has 0 radical (unpaired) electrons. The molecule has 4 heterocycles. The number of rotatable bonds is 11. The van der Waals surface area contributed by atoms with Gasteiger partial charge in [0.05, 0.1) is 5.69 Å². The lowest BCUT2D eigenvalue weighted by Gasteiger charge is -2.49. The Morgan fingerprint density at radius 3 is 2.58 bits per heavy atom. The highest BCUT2D eigenvalue weighted by molar-refractivity contribution is 8.01. The fraction of sp³-hybridized carbons (Fsp3) is 0.269. The Morgan fingerprint density at radius 1 is 1.18 bits per heavy atom. The van der Waals surface area contributed by atoms with Crippen LogP contribution in [0.3, 0.4) is 0 Å². The molecule has 0 spiro atoms. The number of thiazole rings is 2. The zero-order valence-corrected chi connectivity index (χ0v) is 26.6. The van der Waals surface area contributed by atoms with Crippen LogP contribution in [0.4, 0.5) is 5.13 Å². The molecule has 19 heteroatoms. The summed E-state index contributed by atoms with van der Waals surface area (Å²) in [6.45, 7) is 2.47. The van der Waals surface area contributed by atoms with E-state index in [9.17, 15) is 39.6 Å². The van der Waals surface area contributed by atoms with E-state index in [-0.39, 0.29) is 39.5 Å². The van der Waals surface area contributed by atoms with Crippen LogP contribution in [0.1, 0.15) is 19.5 Å². The summed E-state index contributed by atoms with van der Waals surface area (Å²) in [6.07, 6.45) is 0. The topological polar surface area (TPSA) is 238 Å². The summed E-state index contributed by atoms with van der Waals surface area (Å²) >= 11 is 4.90. The highest BCUT2D eigenvalue weighted by Crippen LogP contribution is 2.42. The van der Waals surface area contributed by atoms with E-state index in [0.29, 0.717) is 21.2 Å². The molecule has 0 saturated carbocycles. The minimum atomic E-state index is -1.78. The minimum absolute atomic E-state index is 0.00843. The van der Waals surface area contributed by atoms with Crippen LogP contribution in [0.2, 0.25) is 0 Å². The van der Waals surface area contributed by atoms with Gasteiger partial charge >= 0.3 is 11.9 Å². The molecule has 0 aliphatic carbocycles. The smallest absolute Gasteiger partial charge is 0.352 e. The maximum absolute atomic E-state index is 13.3. The van der Waals surface area contributed by atoms with E-state index in [2.05, 4.69) is 20.4 Å². The number of amides is 2. The summed E-state index contributed by atoms with van der Waals surface area (Å²) < 4.78 is 0.629. The molecule has 2 aliphatic rings. The van der Waals surface area contributed by atoms with Crippen LogP contribution in [0.5, 0.6) is 11.5 Å². The van der Waals surface area contributed by atoms with Crippen LogP contribution in [-0.4, -0.2) is 93.3 Å². The summed E-state index contributed by atoms with van der Waals surface area (Å²) in [5, 5.41) is 47.5. The van der Waals surface area contributed by atoms with Crippen molar-refractivity contribution in [2.24, 2.45) is 5.16 Å². The van der Waals surface area contributed by atoms with E-state index < -0.39 is 46.5 Å². The number of carbonyl (C=O) groups excluding carboxylic acids is 2. The number of hydrogen-bond donors (Lipinski definition) is 6. The van der Waals surface area contributed by atoms with Crippen LogP contribution in [0.25, 0.3) is 11.3 Å². The van der Waals surface area contributed by atoms with Crippen LogP contribution in [0, 0.1) is 0 Å². The number of aromatic hydroxyl groups is 2. The standard InChI is InChI=1S/C26H24N6O9S4/c1-26(2,23(39)40)41-31-16(13-9-43-24(27)28-13)19(35)30-17-20(36)32-18(22(37)38)11(6-42-21(17)32)7-44-25-29-12(8-45-25)10-3-4-14(33)15(34)5-10/h3-5,8-9,17,21,33-34H,6-7H2,1-2H3,(H2,27,28)(H,30,35)(H,37,38)(H,39,40)/b31-16-/t17-,21-/m1/s1. The predicted octanol–water partition coefficient (Wildman–Crippen LogP) is 2.37. The quantitative estimate of drug-likeness (QED) is 0.0556. The molecule has 2 aliphatic heterocycles. The summed E-state index contributed by atoms with van der Waals surface area (Å²) in [6, 6.07) is 3.25. The summed E-state index contributed by atoms with van der Waals surface area (Å²) in [4.78, 5) is 65.0. The van der Waals surface area contributed by atoms with Crippen molar-refractivity contribution in [1.82, 2.24) is 20.2 Å². The first-order valence-electron chi connectivity index (χ1n) is 12.8. The Balaban J connectivity index is 1.29. The molecule has 7 N–H and O–H groups in total. The van der Waals surface area contributed by atoms with E-state index in [4.69, 9.17) is 10.6 Å². The van der Waals surface area contributed by atoms with Crippen LogP contribution >= 0.6 is 46.2 Å². The molecule has 1 fully saturated rings. The van der Waals surface area contributed by atoms with Gasteiger partial charge in [0.1, 0.15) is 22.8 Å². The van der Waals surface area contributed by atoms with E-state index in [1.807, 2.05) is 0 Å². The number of thioether (sulfide) groups is 2. The number of carboxylic acids is 2. The van der Waals surface area contributed by atoms with E-state index in [1.165, 1.54) is 66.2 Å². The number of phenols is 2. The largest absolute Gasteiger partial charge is 0.504 e. The number of fused-ring (bicyclic) bond motifs is 1. The van der Waals surface area contributed by atoms with Gasteiger partial charge in [-0.25, -0.2) is 19.6 Å². The fourth-order valence-electron chi connectivity index (χ4n) is 4.09. The van der Waals surface area contributed by atoms with Gasteiger partial charge in [-0.2, -0.15) is 0 Å². The second-order valence-corrected chi connectivity index (χ2v) is 14.1. The van der Waals surface area contributed by atoms with Crippen molar-refractivity contribution in [2.75, 3.05) is 17.2 Å². The maximum Gasteiger partial charge on any atom is 0.352 e. The van der Waals surface area contributed by atoms with Gasteiger partial charge in [-0.05, 0) is 37.6 Å². The second kappa shape index (κ2) is 12.6. The Bertz CT molecular complexity index is 1770. The third-order valence-electron chi connectivity index (χ3n) is 6.52. The molecule has 5 rings (SSSR count). The second-order valence-electron chi connectivity index (χ2n) is 10.0. The first-order chi connectivity index (χ1) is 21.3. The number of phenolic OH excluding ortho intramolecular Hbond substituents is 2. The summed E-state index contributed by atoms with van der Waals surface area (Å²) in [5.41, 5.74) is 5.01. The number of nitrogens with two attached hydrogens (primary N) is 1. The number of nitrogens with one attached hydrogen (secondary N) is 1. The molecule has 3 aromatic rings. The lowest BCUT2D eigenvalue weighted by Crippen LogP contribution is -2.71. The van der Waals surface area contributed by atoms with Gasteiger partial charge in [0.2, 0.25) is 5.60 Å². The third-order valence-corrected chi connectivity index (χ3v) is 10.6. The van der Waals surface area contributed by atoms with E-state index >= 15 is 0 Å². The number of nitrogens with zero attached hydrogens (tertiary/aromatic N) is 4. The molecule has 0 bridgehead atoms. The molecule has 0 unspecified atom stereocenters. The van der Waals surface area contributed by atoms with Crippen molar-refractivity contribution in [1.29, 1.82) is 0 Å². The van der Waals surface area contributed by atoms with Gasteiger partial charge in [-0.1, -0.05) is 16.9 Å². The number of nitrogen functional groups attached to an aromatic ring is 1. The number of oxime groups is 1. The molecule has 236 valence electrons. The summed E-state index contributed by atoms with van der Waals surface area (Å²) in [7, 11) is 0. The van der Waals surface area contributed by atoms with Gasteiger partial charge in [-0.15, -0.1) is 34.4 Å². The minimum Gasteiger partial charge on any atom is -0.504 e. The number of carbonyl (C=O) groups is 4. The average Bonchev–Trinajstić information content (AvgIpc) is 3.64. The molecule has 15 nitrogen and oxygen atoms in total. The highest BCUT2D eigenvalue weighted by Gasteiger charge is 2.54. The number of benzene rings is 1. The zero-order valence-electron chi connectivity index (χ0n) is 23.3. The van der Waals surface area contributed by atoms with Gasteiger partial charge in [0.15, 0.2) is 26.7 Å². The number of carboxylic acid groups (broad SMARTS) is 2. The maximum atomic E-state index is 13.3. The Kier molecular flexibility index (Phi) is 8.97. The first-order valence-corrected chi connectivity index (χ1v) is 16.6. The predicted molar refractivity (Wildman–Crippen MR) is 167 cm³/mol. The number of hydrogen-bond acceptors (Lipinski definition) is 15. The lowest BCUT2D eigenvalue weighted by atomic mass is 10.0. The summed E-state index contributed by atoms with van der Waals surface area (Å²) in [5.74, 6) is -4.19. The van der Waals surface area contributed by atoms with Crippen molar-refractivity contribution in [2.45, 2.75) is 35.2 Å². The fourth-order valence-corrected chi connectivity index (χ4v) is 7.96. The number of aliphatic carboxylic acids is 2. The van der Waals surface area contributed by atoms with Crippen LogP contribution < -0.4 is 11.1 Å².